The van der Waals surface area contributed by atoms with Gasteiger partial charge in [0, 0.05) is 10.9 Å². The topological polar surface area (TPSA) is 65.8 Å². The lowest BCUT2D eigenvalue weighted by Gasteiger charge is -2.22. The molecular formula is C18H21N3OS. The van der Waals surface area contributed by atoms with Gasteiger partial charge in [-0.1, -0.05) is 32.9 Å². The highest BCUT2D eigenvalue weighted by Crippen LogP contribution is 2.34. The number of hydrogen-bond donors (Lipinski definition) is 1. The Bertz CT molecular complexity index is 755. The number of aryl methyl sites for hydroxylation is 2. The maximum atomic E-state index is 11.5. The summed E-state index contributed by atoms with van der Waals surface area (Å²) >= 11 is 1.37. The van der Waals surface area contributed by atoms with E-state index >= 15 is 0 Å². The molecule has 0 spiro atoms. The van der Waals surface area contributed by atoms with E-state index in [1.165, 1.54) is 28.0 Å². The number of amides is 1. The summed E-state index contributed by atoms with van der Waals surface area (Å²) in [6, 6.07) is 6.24. The molecule has 1 aromatic heterocycles. The van der Waals surface area contributed by atoms with E-state index in [0.29, 0.717) is 5.13 Å². The van der Waals surface area contributed by atoms with Gasteiger partial charge in [-0.25, -0.2) is 4.98 Å². The number of carbonyl (C=O) groups is 1. The van der Waals surface area contributed by atoms with E-state index in [-0.39, 0.29) is 17.7 Å². The van der Waals surface area contributed by atoms with Gasteiger partial charge in [-0.15, -0.1) is 11.3 Å². The molecule has 1 heterocycles. The van der Waals surface area contributed by atoms with Crippen LogP contribution < -0.4 is 5.32 Å². The van der Waals surface area contributed by atoms with Crippen molar-refractivity contribution in [1.82, 2.24) is 4.98 Å². The fourth-order valence-corrected chi connectivity index (χ4v) is 3.20. The first-order valence-electron chi connectivity index (χ1n) is 7.47. The van der Waals surface area contributed by atoms with Gasteiger partial charge in [-0.3, -0.25) is 4.79 Å². The number of carbonyl (C=O) groups excluding carboxylic acids is 1. The lowest BCUT2D eigenvalue weighted by Crippen LogP contribution is -2.12. The molecule has 0 saturated carbocycles. The SMILES string of the molecule is Cc1cc(C(C)(C)C)cc(C)c1-c1csc(NC(=O)CC#N)n1. The molecule has 0 fully saturated rings. The van der Waals surface area contributed by atoms with Crippen LogP contribution in [0.3, 0.4) is 0 Å². The maximum absolute atomic E-state index is 11.5. The molecule has 0 aliphatic heterocycles. The fraction of sp³-hybridized carbons (Fsp3) is 0.389. The molecule has 5 heteroatoms. The second-order valence-corrected chi connectivity index (χ2v) is 7.51. The third-order valence-corrected chi connectivity index (χ3v) is 4.40. The lowest BCUT2D eigenvalue weighted by atomic mass is 9.83. The summed E-state index contributed by atoms with van der Waals surface area (Å²) in [7, 11) is 0. The Hall–Kier alpha value is -2.19. The first-order chi connectivity index (χ1) is 10.7. The first-order valence-corrected chi connectivity index (χ1v) is 8.34. The van der Waals surface area contributed by atoms with Gasteiger partial charge in [0.1, 0.15) is 6.42 Å². The van der Waals surface area contributed by atoms with Crippen LogP contribution in [0, 0.1) is 25.2 Å². The number of benzene rings is 1. The predicted molar refractivity (Wildman–Crippen MR) is 94.6 cm³/mol. The van der Waals surface area contributed by atoms with E-state index in [4.69, 9.17) is 5.26 Å². The van der Waals surface area contributed by atoms with Gasteiger partial charge in [0.05, 0.1) is 11.8 Å². The third-order valence-electron chi connectivity index (χ3n) is 3.65. The largest absolute Gasteiger partial charge is 0.301 e. The summed E-state index contributed by atoms with van der Waals surface area (Å²) in [5.41, 5.74) is 5.72. The minimum atomic E-state index is -0.329. The number of nitrogens with one attached hydrogen (secondary N) is 1. The van der Waals surface area contributed by atoms with E-state index in [9.17, 15) is 4.79 Å². The average Bonchev–Trinajstić information content (AvgIpc) is 2.85. The minimum Gasteiger partial charge on any atom is -0.301 e. The molecule has 2 aromatic rings. The molecule has 120 valence electrons. The lowest BCUT2D eigenvalue weighted by molar-refractivity contribution is -0.115. The van der Waals surface area contributed by atoms with Crippen molar-refractivity contribution in [1.29, 1.82) is 5.26 Å². The van der Waals surface area contributed by atoms with Crippen molar-refractivity contribution in [3.05, 3.63) is 34.2 Å². The second kappa shape index (κ2) is 6.51. The number of thiazole rings is 1. The Morgan fingerprint density at radius 1 is 1.30 bits per heavy atom. The van der Waals surface area contributed by atoms with Crippen molar-refractivity contribution in [3.63, 3.8) is 0 Å². The summed E-state index contributed by atoms with van der Waals surface area (Å²) in [6.45, 7) is 10.8. The van der Waals surface area contributed by atoms with Crippen LogP contribution in [0.15, 0.2) is 17.5 Å². The highest BCUT2D eigenvalue weighted by Gasteiger charge is 2.18. The van der Waals surface area contributed by atoms with Crippen molar-refractivity contribution in [3.8, 4) is 17.3 Å². The van der Waals surface area contributed by atoms with Crippen LogP contribution in [-0.4, -0.2) is 10.9 Å². The molecule has 1 amide bonds. The summed E-state index contributed by atoms with van der Waals surface area (Å²) in [5.74, 6) is -0.329. The van der Waals surface area contributed by atoms with E-state index in [1.54, 1.807) is 0 Å². The molecule has 0 atom stereocenters. The highest BCUT2D eigenvalue weighted by molar-refractivity contribution is 7.14. The van der Waals surface area contributed by atoms with Crippen LogP contribution in [0.5, 0.6) is 0 Å². The zero-order valence-corrected chi connectivity index (χ0v) is 15.0. The number of nitriles is 1. The molecule has 0 radical (unpaired) electrons. The average molecular weight is 327 g/mol. The van der Waals surface area contributed by atoms with Gasteiger partial charge >= 0.3 is 0 Å². The zero-order chi connectivity index (χ0) is 17.2. The molecule has 1 aromatic carbocycles. The van der Waals surface area contributed by atoms with Crippen molar-refractivity contribution >= 4 is 22.4 Å². The Labute approximate surface area is 141 Å². The van der Waals surface area contributed by atoms with Gasteiger partial charge in [-0.2, -0.15) is 5.26 Å². The van der Waals surface area contributed by atoms with Crippen molar-refractivity contribution in [2.24, 2.45) is 0 Å². The van der Waals surface area contributed by atoms with Crippen molar-refractivity contribution in [2.75, 3.05) is 5.32 Å². The molecule has 0 aliphatic rings. The van der Waals surface area contributed by atoms with Crippen LogP contribution >= 0.6 is 11.3 Å². The summed E-state index contributed by atoms with van der Waals surface area (Å²) in [6.07, 6.45) is -0.159. The summed E-state index contributed by atoms with van der Waals surface area (Å²) in [4.78, 5) is 16.0. The number of nitrogens with zero attached hydrogens (tertiary/aromatic N) is 2. The Balaban J connectivity index is 2.35. The highest BCUT2D eigenvalue weighted by atomic mass is 32.1. The first kappa shape index (κ1) is 17.2. The number of aromatic nitrogens is 1. The Morgan fingerprint density at radius 3 is 2.43 bits per heavy atom. The summed E-state index contributed by atoms with van der Waals surface area (Å²) < 4.78 is 0. The van der Waals surface area contributed by atoms with Crippen molar-refractivity contribution in [2.45, 2.75) is 46.5 Å². The van der Waals surface area contributed by atoms with E-state index in [1.807, 2.05) is 11.4 Å². The fourth-order valence-electron chi connectivity index (χ4n) is 2.48. The molecular weight excluding hydrogens is 306 g/mol. The zero-order valence-electron chi connectivity index (χ0n) is 14.2. The monoisotopic (exact) mass is 327 g/mol. The number of hydrogen-bond acceptors (Lipinski definition) is 4. The molecule has 2 rings (SSSR count). The summed E-state index contributed by atoms with van der Waals surface area (Å²) in [5, 5.41) is 13.7. The van der Waals surface area contributed by atoms with Crippen molar-refractivity contribution < 1.29 is 4.79 Å². The van der Waals surface area contributed by atoms with Gasteiger partial charge in [-0.05, 0) is 36.0 Å². The molecule has 0 bridgehead atoms. The van der Waals surface area contributed by atoms with Gasteiger partial charge in [0.15, 0.2) is 5.13 Å². The van der Waals surface area contributed by atoms with Crippen LogP contribution in [0.4, 0.5) is 5.13 Å². The van der Waals surface area contributed by atoms with Gasteiger partial charge < -0.3 is 5.32 Å². The van der Waals surface area contributed by atoms with Crippen LogP contribution in [-0.2, 0) is 10.2 Å². The Kier molecular flexibility index (Phi) is 4.86. The molecule has 0 aliphatic carbocycles. The number of anilines is 1. The molecule has 4 nitrogen and oxygen atoms in total. The third kappa shape index (κ3) is 3.96. The normalized spacial score (nSPS) is 11.1. The van der Waals surface area contributed by atoms with Crippen LogP contribution in [0.25, 0.3) is 11.3 Å². The van der Waals surface area contributed by atoms with Gasteiger partial charge in [0.25, 0.3) is 0 Å². The van der Waals surface area contributed by atoms with Crippen LogP contribution in [0.1, 0.15) is 43.9 Å². The van der Waals surface area contributed by atoms with E-state index in [0.717, 1.165) is 11.3 Å². The Morgan fingerprint density at radius 2 is 1.91 bits per heavy atom. The molecule has 1 N–H and O–H groups in total. The molecule has 0 unspecified atom stereocenters. The molecule has 0 saturated heterocycles. The quantitative estimate of drug-likeness (QED) is 0.897. The van der Waals surface area contributed by atoms with Crippen LogP contribution in [0.2, 0.25) is 0 Å². The standard InChI is InChI=1S/C18H21N3OS/c1-11-8-13(18(3,4)5)9-12(2)16(11)14-10-23-17(20-14)21-15(22)6-7-19/h8-10H,6H2,1-5H3,(H,20,21,22). The maximum Gasteiger partial charge on any atom is 0.240 e. The van der Waals surface area contributed by atoms with E-state index < -0.39 is 0 Å². The predicted octanol–water partition coefficient (Wildman–Crippen LogP) is 4.58. The number of rotatable bonds is 3. The minimum absolute atomic E-state index is 0.104. The van der Waals surface area contributed by atoms with Gasteiger partial charge in [0.2, 0.25) is 5.91 Å². The second-order valence-electron chi connectivity index (χ2n) is 6.66. The van der Waals surface area contributed by atoms with E-state index in [2.05, 4.69) is 57.1 Å². The molecule has 23 heavy (non-hydrogen) atoms. The smallest absolute Gasteiger partial charge is 0.240 e.